The molecule has 234 valence electrons. The number of aliphatic carboxylic acids is 1. The van der Waals surface area contributed by atoms with Crippen molar-refractivity contribution in [2.75, 3.05) is 7.11 Å². The highest BCUT2D eigenvalue weighted by atomic mass is 32.2. The van der Waals surface area contributed by atoms with E-state index < -0.39 is 39.9 Å². The highest BCUT2D eigenvalue weighted by Gasteiger charge is 2.36. The molecule has 4 aromatic rings. The van der Waals surface area contributed by atoms with E-state index in [0.717, 1.165) is 27.6 Å². The number of methoxy groups -OCH3 is 1. The first-order valence-corrected chi connectivity index (χ1v) is 15.1. The van der Waals surface area contributed by atoms with Crippen LogP contribution in [-0.2, 0) is 39.5 Å². The highest BCUT2D eigenvalue weighted by molar-refractivity contribution is 7.89. The number of rotatable bonds is 10. The topological polar surface area (TPSA) is 97.1 Å². The standard InChI is InChI=1S/C33H34F3NO6S/c1-20-14-21(2)30(22(3)15-20)44(40,41)37(19-27-12-13-29(43-27)33(34,35)36)18-25-11-10-24(17-28(25)42-6)23-8-7-9-26(16-23)32(4,5)31(38)39/h7-17H,18-19H2,1-6H3,(H,38,39). The van der Waals surface area contributed by atoms with Crippen LogP contribution in [0.1, 0.15) is 53.2 Å². The van der Waals surface area contributed by atoms with Crippen molar-refractivity contribution in [3.8, 4) is 16.9 Å². The van der Waals surface area contributed by atoms with Gasteiger partial charge in [0, 0.05) is 12.1 Å². The Labute approximate surface area is 254 Å². The minimum Gasteiger partial charge on any atom is -0.496 e. The lowest BCUT2D eigenvalue weighted by Gasteiger charge is -2.25. The lowest BCUT2D eigenvalue weighted by molar-refractivity contribution is -0.153. The third kappa shape index (κ3) is 6.68. The predicted molar refractivity (Wildman–Crippen MR) is 160 cm³/mol. The summed E-state index contributed by atoms with van der Waals surface area (Å²) in [4.78, 5) is 11.9. The Kier molecular flexibility index (Phi) is 9.04. The van der Waals surface area contributed by atoms with Gasteiger partial charge in [-0.25, -0.2) is 8.42 Å². The van der Waals surface area contributed by atoms with Crippen LogP contribution in [0.3, 0.4) is 0 Å². The first kappa shape index (κ1) is 32.8. The lowest BCUT2D eigenvalue weighted by atomic mass is 9.83. The molecule has 0 spiro atoms. The number of ether oxygens (including phenoxy) is 1. The summed E-state index contributed by atoms with van der Waals surface area (Å²) in [6.07, 6.45) is -4.72. The number of nitrogens with zero attached hydrogens (tertiary/aromatic N) is 1. The molecule has 0 saturated heterocycles. The molecule has 11 heteroatoms. The average molecular weight is 630 g/mol. The fourth-order valence-corrected chi connectivity index (χ4v) is 6.97. The molecule has 0 unspecified atom stereocenters. The van der Waals surface area contributed by atoms with Crippen molar-refractivity contribution in [2.24, 2.45) is 0 Å². The number of aryl methyl sites for hydroxylation is 3. The van der Waals surface area contributed by atoms with Crippen LogP contribution in [0.25, 0.3) is 11.1 Å². The van der Waals surface area contributed by atoms with Crippen LogP contribution in [0, 0.1) is 20.8 Å². The summed E-state index contributed by atoms with van der Waals surface area (Å²) >= 11 is 0. The molecule has 0 aliphatic rings. The lowest BCUT2D eigenvalue weighted by Crippen LogP contribution is -2.31. The van der Waals surface area contributed by atoms with Gasteiger partial charge in [0.15, 0.2) is 0 Å². The summed E-state index contributed by atoms with van der Waals surface area (Å²) < 4.78 is 79.8. The minimum absolute atomic E-state index is 0.0687. The van der Waals surface area contributed by atoms with Crippen molar-refractivity contribution in [1.82, 2.24) is 4.31 Å². The number of carbonyl (C=O) groups is 1. The van der Waals surface area contributed by atoms with E-state index in [4.69, 9.17) is 9.15 Å². The number of halogens is 3. The maximum Gasteiger partial charge on any atom is 0.449 e. The number of furan rings is 1. The average Bonchev–Trinajstić information content (AvgIpc) is 3.41. The van der Waals surface area contributed by atoms with Crippen molar-refractivity contribution in [2.45, 2.75) is 64.2 Å². The second kappa shape index (κ2) is 12.1. The van der Waals surface area contributed by atoms with Gasteiger partial charge >= 0.3 is 12.1 Å². The Morgan fingerprint density at radius 3 is 2.11 bits per heavy atom. The number of carboxylic acids is 1. The van der Waals surface area contributed by atoms with E-state index >= 15 is 0 Å². The van der Waals surface area contributed by atoms with Crippen LogP contribution in [-0.4, -0.2) is 30.9 Å². The summed E-state index contributed by atoms with van der Waals surface area (Å²) in [5, 5.41) is 9.67. The maximum absolute atomic E-state index is 14.1. The monoisotopic (exact) mass is 629 g/mol. The molecule has 1 aromatic heterocycles. The molecule has 7 nitrogen and oxygen atoms in total. The summed E-state index contributed by atoms with van der Waals surface area (Å²) in [5.74, 6) is -2.01. The molecular formula is C33H34F3NO6S. The minimum atomic E-state index is -4.72. The van der Waals surface area contributed by atoms with Gasteiger partial charge in [-0.1, -0.05) is 54.1 Å². The van der Waals surface area contributed by atoms with E-state index in [1.54, 1.807) is 76.2 Å². The highest BCUT2D eigenvalue weighted by Crippen LogP contribution is 2.35. The Morgan fingerprint density at radius 1 is 0.909 bits per heavy atom. The Hall–Kier alpha value is -4.09. The predicted octanol–water partition coefficient (Wildman–Crippen LogP) is 7.65. The Balaban J connectivity index is 1.77. The first-order valence-electron chi connectivity index (χ1n) is 13.7. The van der Waals surface area contributed by atoms with Gasteiger partial charge in [0.2, 0.25) is 15.8 Å². The van der Waals surface area contributed by atoms with E-state index in [1.165, 1.54) is 7.11 Å². The molecule has 4 rings (SSSR count). The van der Waals surface area contributed by atoms with Crippen LogP contribution in [0.15, 0.2) is 76.0 Å². The van der Waals surface area contributed by atoms with Gasteiger partial charge in [-0.3, -0.25) is 4.79 Å². The summed E-state index contributed by atoms with van der Waals surface area (Å²) in [7, 11) is -2.81. The van der Waals surface area contributed by atoms with Crippen LogP contribution in [0.2, 0.25) is 0 Å². The van der Waals surface area contributed by atoms with Gasteiger partial charge in [0.05, 0.1) is 24.0 Å². The van der Waals surface area contributed by atoms with E-state index in [1.807, 2.05) is 13.0 Å². The largest absolute Gasteiger partial charge is 0.496 e. The maximum atomic E-state index is 14.1. The third-order valence-corrected chi connectivity index (χ3v) is 9.66. The molecule has 0 fully saturated rings. The van der Waals surface area contributed by atoms with E-state index in [9.17, 15) is 31.5 Å². The number of carboxylic acid groups (broad SMARTS) is 1. The number of hydrogen-bond acceptors (Lipinski definition) is 5. The molecule has 1 N–H and O–H groups in total. The van der Waals surface area contributed by atoms with Crippen molar-refractivity contribution in [3.05, 3.63) is 106 Å². The normalized spacial score (nSPS) is 12.5. The zero-order chi connectivity index (χ0) is 32.6. The van der Waals surface area contributed by atoms with Gasteiger partial charge in [0.1, 0.15) is 11.5 Å². The number of benzene rings is 3. The molecule has 0 atom stereocenters. The second-order valence-electron chi connectivity index (χ2n) is 11.3. The van der Waals surface area contributed by atoms with Gasteiger partial charge in [-0.05, 0) is 80.6 Å². The molecule has 0 bridgehead atoms. The summed E-state index contributed by atoms with van der Waals surface area (Å²) in [6.45, 7) is 7.74. The van der Waals surface area contributed by atoms with Gasteiger partial charge in [0.25, 0.3) is 0 Å². The molecule has 0 aliphatic carbocycles. The van der Waals surface area contributed by atoms with E-state index in [2.05, 4.69) is 0 Å². The van der Waals surface area contributed by atoms with Crippen molar-refractivity contribution < 1.29 is 40.6 Å². The fourth-order valence-electron chi connectivity index (χ4n) is 5.17. The second-order valence-corrected chi connectivity index (χ2v) is 13.2. The zero-order valence-corrected chi connectivity index (χ0v) is 26.1. The first-order chi connectivity index (χ1) is 20.4. The van der Waals surface area contributed by atoms with Crippen LogP contribution < -0.4 is 4.74 Å². The SMILES string of the molecule is COc1cc(-c2cccc(C(C)(C)C(=O)O)c2)ccc1CN(Cc1ccc(C(F)(F)F)o1)S(=O)(=O)c1c(C)cc(C)cc1C. The summed E-state index contributed by atoms with van der Waals surface area (Å²) in [5.41, 5.74) is 3.26. The van der Waals surface area contributed by atoms with E-state index in [0.29, 0.717) is 33.6 Å². The molecule has 3 aromatic carbocycles. The van der Waals surface area contributed by atoms with Crippen molar-refractivity contribution in [1.29, 1.82) is 0 Å². The molecular weight excluding hydrogens is 595 g/mol. The van der Waals surface area contributed by atoms with Crippen molar-refractivity contribution >= 4 is 16.0 Å². The third-order valence-electron chi connectivity index (χ3n) is 7.56. The van der Waals surface area contributed by atoms with Gasteiger partial charge < -0.3 is 14.3 Å². The fraction of sp³-hybridized carbons (Fsp3) is 0.303. The van der Waals surface area contributed by atoms with Crippen LogP contribution >= 0.6 is 0 Å². The Morgan fingerprint density at radius 2 is 1.55 bits per heavy atom. The van der Waals surface area contributed by atoms with Gasteiger partial charge in [-0.2, -0.15) is 17.5 Å². The van der Waals surface area contributed by atoms with Crippen molar-refractivity contribution in [3.63, 3.8) is 0 Å². The molecule has 0 amide bonds. The quantitative estimate of drug-likeness (QED) is 0.194. The van der Waals surface area contributed by atoms with Crippen LogP contribution in [0.4, 0.5) is 13.2 Å². The number of sulfonamides is 1. The Bertz CT molecular complexity index is 1790. The zero-order valence-electron chi connectivity index (χ0n) is 25.2. The van der Waals surface area contributed by atoms with Crippen LogP contribution in [0.5, 0.6) is 5.75 Å². The smallest absolute Gasteiger partial charge is 0.449 e. The van der Waals surface area contributed by atoms with E-state index in [-0.39, 0.29) is 17.2 Å². The molecule has 0 aliphatic heterocycles. The number of alkyl halides is 3. The molecule has 0 saturated carbocycles. The molecule has 0 radical (unpaired) electrons. The van der Waals surface area contributed by atoms with Gasteiger partial charge in [-0.15, -0.1) is 0 Å². The molecule has 1 heterocycles. The summed E-state index contributed by atoms with van der Waals surface area (Å²) in [6, 6.07) is 17.6. The number of hydrogen-bond donors (Lipinski definition) is 1. The molecule has 44 heavy (non-hydrogen) atoms.